The van der Waals surface area contributed by atoms with Crippen molar-refractivity contribution in [3.8, 4) is 0 Å². The van der Waals surface area contributed by atoms with Gasteiger partial charge in [0.2, 0.25) is 10.0 Å². The molecule has 1 saturated carbocycles. The summed E-state index contributed by atoms with van der Waals surface area (Å²) in [5.41, 5.74) is 0.119. The monoisotopic (exact) mass is 396 g/mol. The normalized spacial score (nSPS) is 24.2. The zero-order chi connectivity index (χ0) is 19.8. The van der Waals surface area contributed by atoms with Gasteiger partial charge >= 0.3 is 11.9 Å². The molecule has 1 aliphatic heterocycles. The number of hydrogen-bond donors (Lipinski definition) is 1. The molecule has 1 fully saturated rings. The lowest BCUT2D eigenvalue weighted by Crippen LogP contribution is -2.54. The van der Waals surface area contributed by atoms with Gasteiger partial charge in [0.1, 0.15) is 11.6 Å². The molecule has 3 aliphatic rings. The molecule has 0 aromatic rings. The fourth-order valence-electron chi connectivity index (χ4n) is 3.29. The van der Waals surface area contributed by atoms with E-state index in [9.17, 15) is 18.0 Å². The minimum atomic E-state index is -3.71. The molecule has 2 aliphatic carbocycles. The van der Waals surface area contributed by atoms with Crippen LogP contribution in [0.25, 0.3) is 0 Å². The maximum absolute atomic E-state index is 12.8. The van der Waals surface area contributed by atoms with Crippen molar-refractivity contribution >= 4 is 27.7 Å². The second-order valence-corrected chi connectivity index (χ2v) is 9.02. The quantitative estimate of drug-likeness (QED) is 0.488. The number of carbonyl (C=O) groups excluding carboxylic acids is 2. The molecule has 1 N–H and O–H groups in total. The molecule has 8 nitrogen and oxygen atoms in total. The Labute approximate surface area is 159 Å². The number of hydrogen-bond acceptors (Lipinski definition) is 5. The number of allylic oxidation sites excluding steroid dienone is 2. The average Bonchev–Trinajstić information content (AvgIpc) is 3.34. The van der Waals surface area contributed by atoms with E-state index in [1.165, 1.54) is 12.2 Å². The third-order valence-corrected chi connectivity index (χ3v) is 6.77. The number of methoxy groups -OCH3 is 1. The summed E-state index contributed by atoms with van der Waals surface area (Å²) in [4.78, 5) is 26.7. The fraction of sp³-hybridized carbons (Fsp3) is 0.611. The zero-order valence-electron chi connectivity index (χ0n) is 15.9. The molecular weight excluding hydrogens is 370 g/mol. The number of rotatable bonds is 8. The summed E-state index contributed by atoms with van der Waals surface area (Å²) in [5, 5.41) is 0. The molecule has 0 saturated heterocycles. The standard InChI is InChI=1S/C18H26N3O5S/c1-4-20-16(22)14-12-13(27(24,25)19-18(2)8-9-18)6-7-15(14)21(17(20)23)10-5-11-26-3/h6-7,12,14,19H,4-5,8-11H2,1-3H3/q+1. The van der Waals surface area contributed by atoms with Gasteiger partial charge in [-0.1, -0.05) is 0 Å². The average molecular weight is 396 g/mol. The molecule has 3 amide bonds. The summed E-state index contributed by atoms with van der Waals surface area (Å²) >= 11 is 0. The number of sulfonamides is 1. The third-order valence-electron chi connectivity index (χ3n) is 5.11. The van der Waals surface area contributed by atoms with Gasteiger partial charge < -0.3 is 4.74 Å². The maximum atomic E-state index is 12.8. The van der Waals surface area contributed by atoms with Crippen molar-refractivity contribution in [2.75, 3.05) is 26.8 Å². The summed E-state index contributed by atoms with van der Waals surface area (Å²) in [6, 6.07) is -0.377. The van der Waals surface area contributed by atoms with Crippen molar-refractivity contribution < 1.29 is 27.3 Å². The van der Waals surface area contributed by atoms with E-state index in [0.29, 0.717) is 25.3 Å². The highest BCUT2D eigenvalue weighted by molar-refractivity contribution is 7.93. The number of nitrogens with one attached hydrogen (secondary N) is 1. The second kappa shape index (κ2) is 7.29. The molecule has 1 atom stereocenters. The first kappa shape index (κ1) is 19.9. The van der Waals surface area contributed by atoms with Crippen molar-refractivity contribution in [3.63, 3.8) is 0 Å². The topological polar surface area (TPSA) is 95.8 Å². The Bertz CT molecular complexity index is 852. The second-order valence-electron chi connectivity index (χ2n) is 7.33. The molecule has 0 aromatic carbocycles. The van der Waals surface area contributed by atoms with E-state index < -0.39 is 27.4 Å². The van der Waals surface area contributed by atoms with Crippen LogP contribution in [-0.2, 0) is 19.6 Å². The maximum Gasteiger partial charge on any atom is 0.500 e. The Morgan fingerprint density at radius 3 is 2.63 bits per heavy atom. The Morgan fingerprint density at radius 1 is 1.33 bits per heavy atom. The van der Waals surface area contributed by atoms with Crippen molar-refractivity contribution in [1.82, 2.24) is 9.62 Å². The number of carbonyl (C=O) groups is 2. The minimum Gasteiger partial charge on any atom is -0.385 e. The third kappa shape index (κ3) is 3.90. The number of imide groups is 1. The van der Waals surface area contributed by atoms with E-state index in [4.69, 9.17) is 4.74 Å². The number of fused-ring (bicyclic) bond motifs is 1. The molecule has 148 valence electrons. The van der Waals surface area contributed by atoms with Crippen LogP contribution in [0.2, 0.25) is 0 Å². The van der Waals surface area contributed by atoms with Gasteiger partial charge in [0.05, 0.1) is 18.0 Å². The van der Waals surface area contributed by atoms with Crippen LogP contribution in [0.4, 0.5) is 4.79 Å². The minimum absolute atomic E-state index is 0.0694. The smallest absolute Gasteiger partial charge is 0.385 e. The van der Waals surface area contributed by atoms with Crippen LogP contribution in [0.3, 0.4) is 0 Å². The van der Waals surface area contributed by atoms with E-state index in [2.05, 4.69) is 4.72 Å². The van der Waals surface area contributed by atoms with Crippen LogP contribution >= 0.6 is 0 Å². The van der Waals surface area contributed by atoms with Crippen LogP contribution in [-0.4, -0.2) is 67.9 Å². The van der Waals surface area contributed by atoms with Crippen LogP contribution in [0, 0.1) is 5.92 Å². The Morgan fingerprint density at radius 2 is 2.04 bits per heavy atom. The highest BCUT2D eigenvalue weighted by Crippen LogP contribution is 2.36. The summed E-state index contributed by atoms with van der Waals surface area (Å²) in [5.74, 6) is -1.18. The highest BCUT2D eigenvalue weighted by atomic mass is 32.2. The molecule has 3 rings (SSSR count). The first-order valence-corrected chi connectivity index (χ1v) is 10.6. The molecule has 27 heavy (non-hydrogen) atoms. The molecule has 1 heterocycles. The fourth-order valence-corrected chi connectivity index (χ4v) is 4.82. The molecule has 0 bridgehead atoms. The molecular formula is C18H26N3O5S+. The lowest BCUT2D eigenvalue weighted by atomic mass is 9.94. The van der Waals surface area contributed by atoms with Gasteiger partial charge in [0, 0.05) is 25.7 Å². The molecule has 0 spiro atoms. The van der Waals surface area contributed by atoms with E-state index in [-0.39, 0.29) is 17.5 Å². The number of ether oxygens (including phenoxy) is 1. The van der Waals surface area contributed by atoms with Crippen LogP contribution in [0.5, 0.6) is 0 Å². The summed E-state index contributed by atoms with van der Waals surface area (Å²) in [6.45, 7) is 4.71. The SMILES string of the molecule is CCN1C(=O)C2C=C(S(=O)(=O)NC3(C)CC3)C=CC2=[N+](CCCOC)C1=O. The van der Waals surface area contributed by atoms with Gasteiger partial charge in [-0.25, -0.2) is 17.9 Å². The van der Waals surface area contributed by atoms with E-state index in [1.54, 1.807) is 24.7 Å². The van der Waals surface area contributed by atoms with Crippen molar-refractivity contribution in [2.45, 2.75) is 38.6 Å². The van der Waals surface area contributed by atoms with Crippen molar-refractivity contribution in [1.29, 1.82) is 0 Å². The van der Waals surface area contributed by atoms with Crippen LogP contribution in [0.15, 0.2) is 23.1 Å². The van der Waals surface area contributed by atoms with Gasteiger partial charge in [-0.15, -0.1) is 0 Å². The van der Waals surface area contributed by atoms with Gasteiger partial charge in [0.25, 0.3) is 0 Å². The lowest BCUT2D eigenvalue weighted by molar-refractivity contribution is -0.441. The number of amides is 3. The predicted molar refractivity (Wildman–Crippen MR) is 99.8 cm³/mol. The van der Waals surface area contributed by atoms with E-state index in [1.807, 2.05) is 6.92 Å². The van der Waals surface area contributed by atoms with Gasteiger partial charge in [0.15, 0.2) is 0 Å². The molecule has 0 aromatic heterocycles. The lowest BCUT2D eigenvalue weighted by Gasteiger charge is -2.27. The van der Waals surface area contributed by atoms with Gasteiger partial charge in [-0.3, -0.25) is 0 Å². The van der Waals surface area contributed by atoms with Gasteiger partial charge in [-0.2, -0.15) is 14.3 Å². The molecule has 0 radical (unpaired) electrons. The molecule has 1 unspecified atom stereocenters. The highest BCUT2D eigenvalue weighted by Gasteiger charge is 2.48. The first-order valence-electron chi connectivity index (χ1n) is 9.15. The predicted octanol–water partition coefficient (Wildman–Crippen LogP) is 1.00. The zero-order valence-corrected chi connectivity index (χ0v) is 16.7. The van der Waals surface area contributed by atoms with Crippen molar-refractivity contribution in [3.05, 3.63) is 23.1 Å². The van der Waals surface area contributed by atoms with E-state index >= 15 is 0 Å². The summed E-state index contributed by atoms with van der Waals surface area (Å²) in [6.07, 6.45) is 6.70. The largest absolute Gasteiger partial charge is 0.500 e. The summed E-state index contributed by atoms with van der Waals surface area (Å²) < 4.78 is 34.6. The Kier molecular flexibility index (Phi) is 5.38. The first-order chi connectivity index (χ1) is 12.7. The van der Waals surface area contributed by atoms with Crippen molar-refractivity contribution in [2.24, 2.45) is 5.92 Å². The van der Waals surface area contributed by atoms with Gasteiger partial charge in [-0.05, 0) is 44.9 Å². The molecule has 9 heteroatoms. The number of nitrogens with zero attached hydrogens (tertiary/aromatic N) is 2. The Hall–Kier alpha value is -1.84. The Balaban J connectivity index is 1.95. The van der Waals surface area contributed by atoms with Crippen LogP contribution in [0.1, 0.15) is 33.1 Å². The van der Waals surface area contributed by atoms with Crippen LogP contribution < -0.4 is 4.72 Å². The summed E-state index contributed by atoms with van der Waals surface area (Å²) in [7, 11) is -2.12. The number of urea groups is 1. The van der Waals surface area contributed by atoms with E-state index in [0.717, 1.165) is 17.7 Å².